The summed E-state index contributed by atoms with van der Waals surface area (Å²) in [4.78, 5) is 16.9. The lowest BCUT2D eigenvalue weighted by Gasteiger charge is -2.21. The van der Waals surface area contributed by atoms with Gasteiger partial charge in [0.15, 0.2) is 5.69 Å². The number of aromatic nitrogens is 1. The smallest absolute Gasteiger partial charge is 0.274 e. The van der Waals surface area contributed by atoms with E-state index in [1.807, 2.05) is 45.0 Å². The number of anilines is 2. The van der Waals surface area contributed by atoms with Gasteiger partial charge >= 0.3 is 0 Å². The maximum atomic E-state index is 12.5. The van der Waals surface area contributed by atoms with E-state index < -0.39 is 0 Å². The fourth-order valence-electron chi connectivity index (χ4n) is 2.44. The van der Waals surface area contributed by atoms with E-state index in [2.05, 4.69) is 15.6 Å². The van der Waals surface area contributed by atoms with Crippen molar-refractivity contribution in [1.29, 1.82) is 0 Å². The molecule has 1 aromatic carbocycles. The predicted octanol–water partition coefficient (Wildman–Crippen LogP) is 4.11. The summed E-state index contributed by atoms with van der Waals surface area (Å²) < 4.78 is 10.6. The van der Waals surface area contributed by atoms with Crippen molar-refractivity contribution in [3.63, 3.8) is 0 Å². The average molecular weight is 339 g/mol. The monoisotopic (exact) mass is 339 g/mol. The van der Waals surface area contributed by atoms with Crippen molar-refractivity contribution >= 4 is 28.4 Å². The highest BCUT2D eigenvalue weighted by molar-refractivity contribution is 5.96. The van der Waals surface area contributed by atoms with Gasteiger partial charge in [0.05, 0.1) is 13.4 Å². The maximum absolute atomic E-state index is 12.5. The molecular weight excluding hydrogens is 318 g/mol. The summed E-state index contributed by atoms with van der Waals surface area (Å²) >= 11 is 0. The van der Waals surface area contributed by atoms with Crippen LogP contribution >= 0.6 is 0 Å². The molecule has 2 N–H and O–H groups in total. The van der Waals surface area contributed by atoms with Crippen LogP contribution in [0.15, 0.2) is 47.1 Å². The van der Waals surface area contributed by atoms with Gasteiger partial charge in [0.25, 0.3) is 5.91 Å². The zero-order valence-electron chi connectivity index (χ0n) is 14.7. The lowest BCUT2D eigenvalue weighted by atomic mass is 10.1. The number of benzene rings is 1. The summed E-state index contributed by atoms with van der Waals surface area (Å²) in [5, 5.41) is 7.10. The molecule has 1 amide bonds. The molecule has 0 atom stereocenters. The fraction of sp³-hybridized carbons (Fsp3) is 0.263. The summed E-state index contributed by atoms with van der Waals surface area (Å²) in [5.41, 5.74) is 1.55. The zero-order valence-corrected chi connectivity index (χ0v) is 14.7. The topological polar surface area (TPSA) is 76.4 Å². The number of furan rings is 1. The number of carbonyl (C=O) groups is 1. The molecular formula is C19H21N3O3. The molecule has 3 rings (SSSR count). The number of hydrogen-bond donors (Lipinski definition) is 2. The number of nitrogens with one attached hydrogen (secondary N) is 2. The van der Waals surface area contributed by atoms with Crippen LogP contribution in [0.1, 0.15) is 31.3 Å². The van der Waals surface area contributed by atoms with Crippen molar-refractivity contribution in [3.05, 3.63) is 48.4 Å². The molecule has 0 bridgehead atoms. The number of carbonyl (C=O) groups excluding carboxylic acids is 1. The molecule has 6 heteroatoms. The van der Waals surface area contributed by atoms with Crippen molar-refractivity contribution in [3.8, 4) is 5.75 Å². The molecule has 2 aromatic heterocycles. The third-order valence-electron chi connectivity index (χ3n) is 3.51. The van der Waals surface area contributed by atoms with Crippen molar-refractivity contribution in [2.45, 2.75) is 26.3 Å². The molecule has 0 radical (unpaired) electrons. The second kappa shape index (κ2) is 6.47. The molecule has 3 aromatic rings. The summed E-state index contributed by atoms with van der Waals surface area (Å²) in [6.45, 7) is 5.75. The molecule has 130 valence electrons. The quantitative estimate of drug-likeness (QED) is 0.748. The molecule has 0 saturated carbocycles. The number of amides is 1. The fourth-order valence-corrected chi connectivity index (χ4v) is 2.44. The van der Waals surface area contributed by atoms with Crippen LogP contribution in [-0.4, -0.2) is 23.5 Å². The van der Waals surface area contributed by atoms with Gasteiger partial charge in [-0.25, -0.2) is 4.98 Å². The summed E-state index contributed by atoms with van der Waals surface area (Å²) in [7, 11) is 1.52. The molecule has 0 aliphatic heterocycles. The van der Waals surface area contributed by atoms with Crippen LogP contribution in [0, 0.1) is 0 Å². The maximum Gasteiger partial charge on any atom is 0.274 e. The van der Waals surface area contributed by atoms with Crippen LogP contribution in [0.3, 0.4) is 0 Å². The lowest BCUT2D eigenvalue weighted by molar-refractivity contribution is 0.0911. The molecule has 0 saturated heterocycles. The Morgan fingerprint density at radius 1 is 1.16 bits per heavy atom. The Kier molecular flexibility index (Phi) is 4.35. The van der Waals surface area contributed by atoms with Gasteiger partial charge in [-0.1, -0.05) is 0 Å². The van der Waals surface area contributed by atoms with E-state index in [9.17, 15) is 4.79 Å². The average Bonchev–Trinajstić information content (AvgIpc) is 3.01. The van der Waals surface area contributed by atoms with Crippen LogP contribution in [0.2, 0.25) is 0 Å². The van der Waals surface area contributed by atoms with Crippen molar-refractivity contribution < 1.29 is 13.9 Å². The van der Waals surface area contributed by atoms with Gasteiger partial charge in [-0.3, -0.25) is 4.79 Å². The highest BCUT2D eigenvalue weighted by Crippen LogP contribution is 2.25. The summed E-state index contributed by atoms with van der Waals surface area (Å²) in [6, 6.07) is 11.1. The SMILES string of the molecule is COc1ccc(Nc2ccc3occc3c2)nc1C(=O)NC(C)(C)C. The highest BCUT2D eigenvalue weighted by atomic mass is 16.5. The van der Waals surface area contributed by atoms with E-state index in [4.69, 9.17) is 9.15 Å². The largest absolute Gasteiger partial charge is 0.494 e. The lowest BCUT2D eigenvalue weighted by Crippen LogP contribution is -2.41. The molecule has 0 fully saturated rings. The van der Waals surface area contributed by atoms with Crippen molar-refractivity contribution in [2.24, 2.45) is 0 Å². The van der Waals surface area contributed by atoms with E-state index in [1.165, 1.54) is 7.11 Å². The van der Waals surface area contributed by atoms with Crippen LogP contribution in [0.5, 0.6) is 5.75 Å². The minimum Gasteiger partial charge on any atom is -0.494 e. The first-order valence-corrected chi connectivity index (χ1v) is 7.97. The van der Waals surface area contributed by atoms with E-state index in [1.54, 1.807) is 18.4 Å². The molecule has 0 aliphatic carbocycles. The molecule has 6 nitrogen and oxygen atoms in total. The minimum atomic E-state index is -0.362. The number of hydrogen-bond acceptors (Lipinski definition) is 5. The van der Waals surface area contributed by atoms with Crippen LogP contribution in [0.4, 0.5) is 11.5 Å². The molecule has 0 unspecified atom stereocenters. The van der Waals surface area contributed by atoms with Gasteiger partial charge in [-0.15, -0.1) is 0 Å². The molecule has 0 aliphatic rings. The van der Waals surface area contributed by atoms with Crippen LogP contribution in [-0.2, 0) is 0 Å². The van der Waals surface area contributed by atoms with E-state index in [-0.39, 0.29) is 17.1 Å². The predicted molar refractivity (Wildman–Crippen MR) is 97.5 cm³/mol. The molecule has 25 heavy (non-hydrogen) atoms. The van der Waals surface area contributed by atoms with Gasteiger partial charge < -0.3 is 19.8 Å². The van der Waals surface area contributed by atoms with Crippen LogP contribution < -0.4 is 15.4 Å². The Morgan fingerprint density at radius 2 is 1.96 bits per heavy atom. The zero-order chi connectivity index (χ0) is 18.0. The van der Waals surface area contributed by atoms with Gasteiger partial charge in [0, 0.05) is 16.6 Å². The summed E-state index contributed by atoms with van der Waals surface area (Å²) in [5.74, 6) is 0.707. The van der Waals surface area contributed by atoms with E-state index >= 15 is 0 Å². The van der Waals surface area contributed by atoms with Gasteiger partial charge in [-0.05, 0) is 57.2 Å². The Bertz CT molecular complexity index is 910. The van der Waals surface area contributed by atoms with E-state index in [0.29, 0.717) is 11.6 Å². The van der Waals surface area contributed by atoms with Crippen LogP contribution in [0.25, 0.3) is 11.0 Å². The minimum absolute atomic E-state index is 0.242. The third kappa shape index (κ3) is 3.91. The standard InChI is InChI=1S/C19H21N3O3/c1-19(2,3)22-18(23)17-15(24-4)7-8-16(21-17)20-13-5-6-14-12(11-13)9-10-25-14/h5-11H,1-4H3,(H,20,21)(H,22,23). The first-order valence-electron chi connectivity index (χ1n) is 7.97. The van der Waals surface area contributed by atoms with Gasteiger partial charge in [0.2, 0.25) is 0 Å². The van der Waals surface area contributed by atoms with Crippen molar-refractivity contribution in [1.82, 2.24) is 10.3 Å². The second-order valence-electron chi connectivity index (χ2n) is 6.75. The van der Waals surface area contributed by atoms with Gasteiger partial charge in [-0.2, -0.15) is 0 Å². The first kappa shape index (κ1) is 16.8. The Hall–Kier alpha value is -3.02. The highest BCUT2D eigenvalue weighted by Gasteiger charge is 2.20. The second-order valence-corrected chi connectivity index (χ2v) is 6.75. The Morgan fingerprint density at radius 3 is 2.68 bits per heavy atom. The normalized spacial score (nSPS) is 11.4. The third-order valence-corrected chi connectivity index (χ3v) is 3.51. The number of ether oxygens (including phenoxy) is 1. The molecule has 0 spiro atoms. The Balaban J connectivity index is 1.89. The number of rotatable bonds is 4. The van der Waals surface area contributed by atoms with Crippen molar-refractivity contribution in [2.75, 3.05) is 12.4 Å². The first-order chi connectivity index (χ1) is 11.9. The number of methoxy groups -OCH3 is 1. The number of nitrogens with zero attached hydrogens (tertiary/aromatic N) is 1. The summed E-state index contributed by atoms with van der Waals surface area (Å²) in [6.07, 6.45) is 1.65. The van der Waals surface area contributed by atoms with Gasteiger partial charge in [0.1, 0.15) is 17.2 Å². The number of fused-ring (bicyclic) bond motifs is 1. The number of pyridine rings is 1. The Labute approximate surface area is 146 Å². The molecule has 2 heterocycles. The van der Waals surface area contributed by atoms with E-state index in [0.717, 1.165) is 16.7 Å².